The summed E-state index contributed by atoms with van der Waals surface area (Å²) in [5.74, 6) is -0.703. The summed E-state index contributed by atoms with van der Waals surface area (Å²) in [5, 5.41) is 6.10. The molecule has 1 atom stereocenters. The SMILES string of the molecule is CCn1c(=O)c2ccccc2n(CC(=O)NC(Cc2ccccc2)C(=O)NC2CC2)c1=O. The van der Waals surface area contributed by atoms with E-state index >= 15 is 0 Å². The predicted molar refractivity (Wildman–Crippen MR) is 121 cm³/mol. The lowest BCUT2D eigenvalue weighted by atomic mass is 10.1. The zero-order valence-electron chi connectivity index (χ0n) is 17.9. The van der Waals surface area contributed by atoms with E-state index in [9.17, 15) is 19.2 Å². The summed E-state index contributed by atoms with van der Waals surface area (Å²) in [7, 11) is 0. The van der Waals surface area contributed by atoms with Gasteiger partial charge in [-0.3, -0.25) is 23.5 Å². The van der Waals surface area contributed by atoms with Gasteiger partial charge in [0.05, 0.1) is 10.9 Å². The van der Waals surface area contributed by atoms with Gasteiger partial charge in [0.15, 0.2) is 0 Å². The fraction of sp³-hybridized carbons (Fsp3) is 0.333. The Morgan fingerprint density at radius 2 is 1.69 bits per heavy atom. The topological polar surface area (TPSA) is 102 Å². The van der Waals surface area contributed by atoms with Gasteiger partial charge < -0.3 is 10.6 Å². The van der Waals surface area contributed by atoms with Gasteiger partial charge in [0.2, 0.25) is 11.8 Å². The molecule has 1 heterocycles. The lowest BCUT2D eigenvalue weighted by Crippen LogP contribution is -2.50. The van der Waals surface area contributed by atoms with Gasteiger partial charge in [-0.1, -0.05) is 42.5 Å². The van der Waals surface area contributed by atoms with Gasteiger partial charge in [0.1, 0.15) is 12.6 Å². The third kappa shape index (κ3) is 4.64. The largest absolute Gasteiger partial charge is 0.352 e. The highest BCUT2D eigenvalue weighted by molar-refractivity contribution is 5.89. The number of carbonyl (C=O) groups excluding carboxylic acids is 2. The fourth-order valence-electron chi connectivity index (χ4n) is 3.77. The number of fused-ring (bicyclic) bond motifs is 1. The molecular weight excluding hydrogens is 408 g/mol. The van der Waals surface area contributed by atoms with E-state index in [4.69, 9.17) is 0 Å². The molecule has 1 unspecified atom stereocenters. The molecule has 0 bridgehead atoms. The minimum Gasteiger partial charge on any atom is -0.352 e. The van der Waals surface area contributed by atoms with Crippen molar-refractivity contribution in [2.45, 2.75) is 51.4 Å². The number of carbonyl (C=O) groups is 2. The second-order valence-electron chi connectivity index (χ2n) is 8.03. The van der Waals surface area contributed by atoms with Gasteiger partial charge in [-0.15, -0.1) is 0 Å². The van der Waals surface area contributed by atoms with Crippen LogP contribution in [0.3, 0.4) is 0 Å². The fourth-order valence-corrected chi connectivity index (χ4v) is 3.77. The van der Waals surface area contributed by atoms with Crippen molar-refractivity contribution in [2.75, 3.05) is 0 Å². The van der Waals surface area contributed by atoms with Crippen molar-refractivity contribution >= 4 is 22.7 Å². The third-order valence-corrected chi connectivity index (χ3v) is 5.61. The Bertz CT molecular complexity index is 1260. The normalized spacial score (nSPS) is 14.2. The predicted octanol–water partition coefficient (Wildman–Crippen LogP) is 1.19. The minimum absolute atomic E-state index is 0.164. The van der Waals surface area contributed by atoms with E-state index in [2.05, 4.69) is 10.6 Å². The maximum Gasteiger partial charge on any atom is 0.331 e. The molecular formula is C24H26N4O4. The highest BCUT2D eigenvalue weighted by atomic mass is 16.2. The van der Waals surface area contributed by atoms with E-state index in [1.165, 1.54) is 4.57 Å². The van der Waals surface area contributed by atoms with Gasteiger partial charge in [-0.25, -0.2) is 4.79 Å². The van der Waals surface area contributed by atoms with Crippen molar-refractivity contribution in [3.05, 3.63) is 81.0 Å². The zero-order chi connectivity index (χ0) is 22.7. The summed E-state index contributed by atoms with van der Waals surface area (Å²) < 4.78 is 2.39. The van der Waals surface area contributed by atoms with Crippen LogP contribution in [0.1, 0.15) is 25.3 Å². The Morgan fingerprint density at radius 1 is 1.00 bits per heavy atom. The number of benzene rings is 2. The van der Waals surface area contributed by atoms with Crippen LogP contribution in [0.25, 0.3) is 10.9 Å². The first-order chi connectivity index (χ1) is 15.5. The Hall–Kier alpha value is -3.68. The van der Waals surface area contributed by atoms with Gasteiger partial charge in [-0.05, 0) is 37.5 Å². The van der Waals surface area contributed by atoms with Crippen LogP contribution in [0, 0.1) is 0 Å². The Morgan fingerprint density at radius 3 is 2.38 bits per heavy atom. The molecule has 1 aliphatic carbocycles. The molecule has 2 amide bonds. The monoisotopic (exact) mass is 434 g/mol. The molecule has 1 aromatic heterocycles. The molecule has 1 aliphatic rings. The van der Waals surface area contributed by atoms with Crippen LogP contribution in [0.4, 0.5) is 0 Å². The number of aromatic nitrogens is 2. The number of nitrogens with zero attached hydrogens (tertiary/aromatic N) is 2. The van der Waals surface area contributed by atoms with Crippen LogP contribution < -0.4 is 21.9 Å². The van der Waals surface area contributed by atoms with Crippen LogP contribution in [-0.2, 0) is 29.1 Å². The molecule has 2 N–H and O–H groups in total. The molecule has 32 heavy (non-hydrogen) atoms. The van der Waals surface area contributed by atoms with Crippen molar-refractivity contribution in [2.24, 2.45) is 0 Å². The van der Waals surface area contributed by atoms with Crippen molar-refractivity contribution in [1.29, 1.82) is 0 Å². The molecule has 2 aromatic carbocycles. The number of amides is 2. The molecule has 0 radical (unpaired) electrons. The van der Waals surface area contributed by atoms with Crippen LogP contribution in [0.5, 0.6) is 0 Å². The molecule has 3 aromatic rings. The van der Waals surface area contributed by atoms with E-state index in [-0.39, 0.29) is 30.6 Å². The van der Waals surface area contributed by atoms with Gasteiger partial charge in [-0.2, -0.15) is 0 Å². The molecule has 8 heteroatoms. The quantitative estimate of drug-likeness (QED) is 0.556. The Balaban J connectivity index is 1.60. The summed E-state index contributed by atoms with van der Waals surface area (Å²) in [6.07, 6.45) is 2.23. The molecule has 0 aliphatic heterocycles. The van der Waals surface area contributed by atoms with E-state index in [0.29, 0.717) is 17.3 Å². The first kappa shape index (κ1) is 21.5. The maximum atomic E-state index is 13.0. The number of hydrogen-bond acceptors (Lipinski definition) is 4. The van der Waals surface area contributed by atoms with Gasteiger partial charge in [0.25, 0.3) is 5.56 Å². The first-order valence-electron chi connectivity index (χ1n) is 10.8. The van der Waals surface area contributed by atoms with E-state index in [1.54, 1.807) is 31.2 Å². The molecule has 1 saturated carbocycles. The average Bonchev–Trinajstić information content (AvgIpc) is 3.61. The lowest BCUT2D eigenvalue weighted by molar-refractivity contribution is -0.129. The highest BCUT2D eigenvalue weighted by Crippen LogP contribution is 2.19. The van der Waals surface area contributed by atoms with Crippen LogP contribution in [0.2, 0.25) is 0 Å². The van der Waals surface area contributed by atoms with Crippen molar-refractivity contribution in [1.82, 2.24) is 19.8 Å². The standard InChI is InChI=1S/C24H26N4O4/c1-2-27-23(31)18-10-6-7-11-20(18)28(24(27)32)15-21(29)26-19(22(30)25-17-12-13-17)14-16-8-4-3-5-9-16/h3-11,17,19H,2,12-15H2,1H3,(H,25,30)(H,26,29). The van der Waals surface area contributed by atoms with Crippen LogP contribution in [-0.4, -0.2) is 33.0 Å². The van der Waals surface area contributed by atoms with Crippen LogP contribution in [0.15, 0.2) is 64.2 Å². The van der Waals surface area contributed by atoms with Crippen LogP contribution >= 0.6 is 0 Å². The summed E-state index contributed by atoms with van der Waals surface area (Å²) in [6.45, 7) is 1.62. The first-order valence-corrected chi connectivity index (χ1v) is 10.8. The van der Waals surface area contributed by atoms with E-state index in [1.807, 2.05) is 30.3 Å². The maximum absolute atomic E-state index is 13.0. The van der Waals surface area contributed by atoms with E-state index < -0.39 is 17.6 Å². The third-order valence-electron chi connectivity index (χ3n) is 5.61. The Labute approximate surface area is 184 Å². The summed E-state index contributed by atoms with van der Waals surface area (Å²) in [5.41, 5.74) is 0.388. The average molecular weight is 434 g/mol. The molecule has 0 saturated heterocycles. The molecule has 8 nitrogen and oxygen atoms in total. The smallest absolute Gasteiger partial charge is 0.331 e. The molecule has 4 rings (SSSR count). The van der Waals surface area contributed by atoms with Gasteiger partial charge >= 0.3 is 5.69 Å². The molecule has 166 valence electrons. The Kier molecular flexibility index (Phi) is 6.20. The summed E-state index contributed by atoms with van der Waals surface area (Å²) >= 11 is 0. The second-order valence-corrected chi connectivity index (χ2v) is 8.03. The summed E-state index contributed by atoms with van der Waals surface area (Å²) in [4.78, 5) is 51.2. The minimum atomic E-state index is -0.760. The molecule has 0 spiro atoms. The lowest BCUT2D eigenvalue weighted by Gasteiger charge is -2.20. The highest BCUT2D eigenvalue weighted by Gasteiger charge is 2.29. The number of para-hydroxylation sites is 1. The molecule has 1 fully saturated rings. The number of rotatable bonds is 8. The van der Waals surface area contributed by atoms with Crippen molar-refractivity contribution in [3.8, 4) is 0 Å². The summed E-state index contributed by atoms with van der Waals surface area (Å²) in [6, 6.07) is 15.6. The second kappa shape index (κ2) is 9.21. The van der Waals surface area contributed by atoms with E-state index in [0.717, 1.165) is 23.0 Å². The van der Waals surface area contributed by atoms with Crippen molar-refractivity contribution in [3.63, 3.8) is 0 Å². The zero-order valence-corrected chi connectivity index (χ0v) is 17.9. The van der Waals surface area contributed by atoms with Gasteiger partial charge in [0, 0.05) is 19.0 Å². The number of nitrogens with one attached hydrogen (secondary N) is 2. The number of hydrogen-bond donors (Lipinski definition) is 2. The van der Waals surface area contributed by atoms with Crippen molar-refractivity contribution < 1.29 is 9.59 Å².